The Morgan fingerprint density at radius 3 is 2.08 bits per heavy atom. The molecule has 24 heavy (non-hydrogen) atoms. The summed E-state index contributed by atoms with van der Waals surface area (Å²) >= 11 is 0. The summed E-state index contributed by atoms with van der Waals surface area (Å²) in [6.07, 6.45) is 0. The summed E-state index contributed by atoms with van der Waals surface area (Å²) in [5.74, 6) is 0.924. The molecule has 0 saturated heterocycles. The van der Waals surface area contributed by atoms with E-state index >= 15 is 0 Å². The molecule has 0 fully saturated rings. The minimum absolute atomic E-state index is 0.220. The van der Waals surface area contributed by atoms with E-state index in [0.717, 1.165) is 0 Å². The second kappa shape index (κ2) is 8.05. The van der Waals surface area contributed by atoms with Crippen LogP contribution in [0.15, 0.2) is 36.4 Å². The molecule has 0 aromatic heterocycles. The Hall–Kier alpha value is -2.96. The molecule has 0 atom stereocenters. The van der Waals surface area contributed by atoms with E-state index in [4.69, 9.17) is 18.9 Å². The maximum atomic E-state index is 12.8. The summed E-state index contributed by atoms with van der Waals surface area (Å²) in [5.41, 5.74) is 0.470. The fraction of sp³-hybridized carbons (Fsp3) is 0.235. The van der Waals surface area contributed by atoms with Crippen molar-refractivity contribution in [3.63, 3.8) is 0 Å². The number of hydrogen-bond donors (Lipinski definition) is 1. The molecular weight excluding hydrogens is 317 g/mol. The first-order valence-electron chi connectivity index (χ1n) is 7.05. The van der Waals surface area contributed by atoms with Crippen LogP contribution < -0.4 is 24.3 Å². The van der Waals surface area contributed by atoms with E-state index in [1.54, 1.807) is 12.1 Å². The highest BCUT2D eigenvalue weighted by molar-refractivity contribution is 5.92. The van der Waals surface area contributed by atoms with Gasteiger partial charge in [0.2, 0.25) is 5.75 Å². The topological polar surface area (TPSA) is 66.0 Å². The molecule has 0 bridgehead atoms. The quantitative estimate of drug-likeness (QED) is 0.843. The van der Waals surface area contributed by atoms with Gasteiger partial charge in [0.1, 0.15) is 11.6 Å². The minimum Gasteiger partial charge on any atom is -0.493 e. The smallest absolute Gasteiger partial charge is 0.262 e. The van der Waals surface area contributed by atoms with Crippen molar-refractivity contribution in [3.05, 3.63) is 42.2 Å². The second-order valence-electron chi connectivity index (χ2n) is 4.70. The van der Waals surface area contributed by atoms with Crippen LogP contribution in [0.25, 0.3) is 0 Å². The predicted octanol–water partition coefficient (Wildman–Crippen LogP) is 2.87. The highest BCUT2D eigenvalue weighted by atomic mass is 19.1. The lowest BCUT2D eigenvalue weighted by Crippen LogP contribution is -2.20. The van der Waals surface area contributed by atoms with Gasteiger partial charge in [-0.2, -0.15) is 0 Å². The lowest BCUT2D eigenvalue weighted by Gasteiger charge is -2.14. The van der Waals surface area contributed by atoms with Crippen LogP contribution in [0.2, 0.25) is 0 Å². The first-order chi connectivity index (χ1) is 11.6. The van der Waals surface area contributed by atoms with Crippen molar-refractivity contribution < 1.29 is 28.1 Å². The van der Waals surface area contributed by atoms with Gasteiger partial charge in [0.15, 0.2) is 18.1 Å². The normalized spacial score (nSPS) is 10.0. The highest BCUT2D eigenvalue weighted by Gasteiger charge is 2.14. The Bertz CT molecular complexity index is 678. The SMILES string of the molecule is COc1cc(NC(=O)COc2ccc(F)cc2)cc(OC)c1OC. The van der Waals surface area contributed by atoms with Gasteiger partial charge in [-0.3, -0.25) is 4.79 Å². The number of hydrogen-bond acceptors (Lipinski definition) is 5. The van der Waals surface area contributed by atoms with Gasteiger partial charge in [-0.25, -0.2) is 4.39 Å². The third-order valence-electron chi connectivity index (χ3n) is 3.13. The average Bonchev–Trinajstić information content (AvgIpc) is 2.60. The maximum absolute atomic E-state index is 12.8. The molecule has 1 amide bonds. The van der Waals surface area contributed by atoms with Gasteiger partial charge < -0.3 is 24.3 Å². The first-order valence-corrected chi connectivity index (χ1v) is 7.05. The number of anilines is 1. The third kappa shape index (κ3) is 4.28. The third-order valence-corrected chi connectivity index (χ3v) is 3.13. The van der Waals surface area contributed by atoms with Crippen LogP contribution in [0.1, 0.15) is 0 Å². The fourth-order valence-electron chi connectivity index (χ4n) is 2.03. The molecule has 1 N–H and O–H groups in total. The second-order valence-corrected chi connectivity index (χ2v) is 4.70. The van der Waals surface area contributed by atoms with Gasteiger partial charge in [-0.1, -0.05) is 0 Å². The Labute approximate surface area is 139 Å². The number of benzene rings is 2. The molecule has 2 aromatic carbocycles. The standard InChI is InChI=1S/C17H18FNO5/c1-21-14-8-12(9-15(22-2)17(14)23-3)19-16(20)10-24-13-6-4-11(18)5-7-13/h4-9H,10H2,1-3H3,(H,19,20). The first kappa shape index (κ1) is 17.4. The van der Waals surface area contributed by atoms with Crippen molar-refractivity contribution in [1.82, 2.24) is 0 Å². The molecule has 0 aliphatic rings. The molecular formula is C17H18FNO5. The summed E-state index contributed by atoms with van der Waals surface area (Å²) < 4.78 is 33.7. The molecule has 2 rings (SSSR count). The number of carbonyl (C=O) groups is 1. The number of carbonyl (C=O) groups excluding carboxylic acids is 1. The van der Waals surface area contributed by atoms with E-state index in [1.165, 1.54) is 45.6 Å². The van der Waals surface area contributed by atoms with Crippen LogP contribution in [0.3, 0.4) is 0 Å². The Morgan fingerprint density at radius 1 is 1.00 bits per heavy atom. The molecule has 6 nitrogen and oxygen atoms in total. The Balaban J connectivity index is 2.04. The Kier molecular flexibility index (Phi) is 5.83. The summed E-state index contributed by atoms with van der Waals surface area (Å²) in [7, 11) is 4.47. The van der Waals surface area contributed by atoms with Crippen molar-refractivity contribution in [2.45, 2.75) is 0 Å². The summed E-state index contributed by atoms with van der Waals surface area (Å²) in [6.45, 7) is -0.220. The van der Waals surface area contributed by atoms with Crippen molar-refractivity contribution in [2.24, 2.45) is 0 Å². The summed E-state index contributed by atoms with van der Waals surface area (Å²) in [4.78, 5) is 12.0. The number of amides is 1. The number of nitrogens with one attached hydrogen (secondary N) is 1. The van der Waals surface area contributed by atoms with E-state index in [9.17, 15) is 9.18 Å². The Morgan fingerprint density at radius 2 is 1.58 bits per heavy atom. The van der Waals surface area contributed by atoms with Crippen molar-refractivity contribution in [2.75, 3.05) is 33.3 Å². The molecule has 0 aliphatic heterocycles. The van der Waals surface area contributed by atoms with Crippen molar-refractivity contribution >= 4 is 11.6 Å². The predicted molar refractivity (Wildman–Crippen MR) is 86.6 cm³/mol. The largest absolute Gasteiger partial charge is 0.493 e. The van der Waals surface area contributed by atoms with Gasteiger partial charge in [0, 0.05) is 17.8 Å². The van der Waals surface area contributed by atoms with E-state index in [2.05, 4.69) is 5.32 Å². The number of rotatable bonds is 7. The van der Waals surface area contributed by atoms with E-state index < -0.39 is 0 Å². The molecule has 0 heterocycles. The average molecular weight is 335 g/mol. The van der Waals surface area contributed by atoms with E-state index in [0.29, 0.717) is 28.7 Å². The van der Waals surface area contributed by atoms with Crippen molar-refractivity contribution in [1.29, 1.82) is 0 Å². The summed E-state index contributed by atoms with van der Waals surface area (Å²) in [6, 6.07) is 8.62. The highest BCUT2D eigenvalue weighted by Crippen LogP contribution is 2.39. The molecule has 0 unspecified atom stereocenters. The van der Waals surface area contributed by atoms with Crippen LogP contribution in [-0.2, 0) is 4.79 Å². The zero-order valence-corrected chi connectivity index (χ0v) is 13.6. The number of methoxy groups -OCH3 is 3. The minimum atomic E-state index is -0.381. The molecule has 0 saturated carbocycles. The van der Waals surface area contributed by atoms with Gasteiger partial charge in [-0.15, -0.1) is 0 Å². The molecule has 2 aromatic rings. The molecule has 7 heteroatoms. The molecule has 0 radical (unpaired) electrons. The van der Waals surface area contributed by atoms with Gasteiger partial charge in [0.05, 0.1) is 21.3 Å². The van der Waals surface area contributed by atoms with E-state index in [1.807, 2.05) is 0 Å². The van der Waals surface area contributed by atoms with Crippen LogP contribution in [0.4, 0.5) is 10.1 Å². The van der Waals surface area contributed by atoms with Crippen LogP contribution in [0.5, 0.6) is 23.0 Å². The lowest BCUT2D eigenvalue weighted by molar-refractivity contribution is -0.118. The van der Waals surface area contributed by atoms with Gasteiger partial charge >= 0.3 is 0 Å². The zero-order chi connectivity index (χ0) is 17.5. The van der Waals surface area contributed by atoms with Crippen LogP contribution in [-0.4, -0.2) is 33.8 Å². The van der Waals surface area contributed by atoms with Gasteiger partial charge in [-0.05, 0) is 24.3 Å². The summed E-state index contributed by atoms with van der Waals surface area (Å²) in [5, 5.41) is 2.67. The fourth-order valence-corrected chi connectivity index (χ4v) is 2.03. The number of halogens is 1. The lowest BCUT2D eigenvalue weighted by atomic mass is 10.2. The molecule has 128 valence electrons. The van der Waals surface area contributed by atoms with Crippen molar-refractivity contribution in [3.8, 4) is 23.0 Å². The maximum Gasteiger partial charge on any atom is 0.262 e. The molecule has 0 spiro atoms. The van der Waals surface area contributed by atoms with Crippen LogP contribution >= 0.6 is 0 Å². The monoisotopic (exact) mass is 335 g/mol. The number of ether oxygens (including phenoxy) is 4. The zero-order valence-electron chi connectivity index (χ0n) is 13.6. The van der Waals surface area contributed by atoms with Gasteiger partial charge in [0.25, 0.3) is 5.91 Å². The van der Waals surface area contributed by atoms with E-state index in [-0.39, 0.29) is 18.3 Å². The van der Waals surface area contributed by atoms with Crippen LogP contribution in [0, 0.1) is 5.82 Å². The molecule has 0 aliphatic carbocycles.